The lowest BCUT2D eigenvalue weighted by molar-refractivity contribution is -0.576. The van der Waals surface area contributed by atoms with Gasteiger partial charge in [0.2, 0.25) is 11.7 Å². The largest absolute Gasteiger partial charge is 0.343 e. The minimum Gasteiger partial charge on any atom is -0.343 e. The summed E-state index contributed by atoms with van der Waals surface area (Å²) in [6.45, 7) is 8.67. The Kier molecular flexibility index (Phi) is 6.10. The van der Waals surface area contributed by atoms with Crippen molar-refractivity contribution < 1.29 is 24.0 Å². The predicted molar refractivity (Wildman–Crippen MR) is 128 cm³/mol. The highest BCUT2D eigenvalue weighted by Crippen LogP contribution is 2.62. The maximum atomic E-state index is 12.8. The molecule has 1 N–H and O–H groups in total. The van der Waals surface area contributed by atoms with Crippen LogP contribution in [-0.2, 0) is 24.0 Å². The van der Waals surface area contributed by atoms with Crippen LogP contribution in [0.1, 0.15) is 66.2 Å². The SMILES string of the molecule is CSc1cccc(NC(=O)CC[C@@]2(C)O[C@@H]3O[C@@]4(C)CC[C@H]5[C@H](C)CC[C@@H]([C@H]2C)[C@@]35OO4)c1. The number of rotatable bonds is 5. The Morgan fingerprint density at radius 2 is 1.94 bits per heavy atom. The first kappa shape index (κ1) is 23.6. The van der Waals surface area contributed by atoms with Crippen LogP contribution in [0.4, 0.5) is 5.69 Å². The van der Waals surface area contributed by atoms with Gasteiger partial charge < -0.3 is 14.8 Å². The molecule has 1 aromatic rings. The summed E-state index contributed by atoms with van der Waals surface area (Å²) in [7, 11) is 0. The number of carbonyl (C=O) groups excluding carboxylic acids is 1. The van der Waals surface area contributed by atoms with Crippen molar-refractivity contribution in [1.82, 2.24) is 0 Å². The number of thioether (sulfide) groups is 1. The van der Waals surface area contributed by atoms with Gasteiger partial charge in [-0.1, -0.05) is 19.9 Å². The second-order valence-electron chi connectivity index (χ2n) is 10.9. The molecular weight excluding hydrogens is 438 g/mol. The van der Waals surface area contributed by atoms with Crippen LogP contribution in [0.2, 0.25) is 0 Å². The molecule has 7 heteroatoms. The Morgan fingerprint density at radius 3 is 2.73 bits per heavy atom. The van der Waals surface area contributed by atoms with Gasteiger partial charge in [0.1, 0.15) is 0 Å². The summed E-state index contributed by atoms with van der Waals surface area (Å²) < 4.78 is 13.2. The molecule has 4 heterocycles. The van der Waals surface area contributed by atoms with Crippen molar-refractivity contribution >= 4 is 23.4 Å². The van der Waals surface area contributed by atoms with Crippen LogP contribution in [0.3, 0.4) is 0 Å². The van der Waals surface area contributed by atoms with E-state index in [0.29, 0.717) is 24.7 Å². The van der Waals surface area contributed by atoms with Gasteiger partial charge >= 0.3 is 0 Å². The van der Waals surface area contributed by atoms with Crippen molar-refractivity contribution in [1.29, 1.82) is 0 Å². The summed E-state index contributed by atoms with van der Waals surface area (Å²) in [5.74, 6) is 0.607. The molecule has 8 atom stereocenters. The lowest BCUT2D eigenvalue weighted by atomic mass is 9.55. The highest BCUT2D eigenvalue weighted by Gasteiger charge is 2.70. The first-order valence-corrected chi connectivity index (χ1v) is 13.6. The van der Waals surface area contributed by atoms with E-state index in [4.69, 9.17) is 19.2 Å². The third-order valence-electron chi connectivity index (χ3n) is 8.92. The number of ether oxygens (including phenoxy) is 2. The van der Waals surface area contributed by atoms with E-state index in [2.05, 4.69) is 26.1 Å². The van der Waals surface area contributed by atoms with E-state index < -0.39 is 23.3 Å². The molecule has 1 saturated carbocycles. The summed E-state index contributed by atoms with van der Waals surface area (Å²) in [6.07, 6.45) is 6.65. The van der Waals surface area contributed by atoms with Gasteiger partial charge in [0.05, 0.1) is 5.60 Å². The van der Waals surface area contributed by atoms with Crippen molar-refractivity contribution in [3.05, 3.63) is 24.3 Å². The van der Waals surface area contributed by atoms with E-state index in [1.807, 2.05) is 37.4 Å². The van der Waals surface area contributed by atoms with Gasteiger partial charge in [0.15, 0.2) is 11.9 Å². The molecule has 5 aliphatic rings. The average molecular weight is 476 g/mol. The summed E-state index contributed by atoms with van der Waals surface area (Å²) >= 11 is 1.66. The van der Waals surface area contributed by atoms with Gasteiger partial charge in [-0.15, -0.1) is 11.8 Å². The lowest BCUT2D eigenvalue weighted by Gasteiger charge is -2.63. The fourth-order valence-corrected chi connectivity index (χ4v) is 7.19. The Balaban J connectivity index is 1.34. The molecule has 6 rings (SSSR count). The number of nitrogens with one attached hydrogen (secondary N) is 1. The quantitative estimate of drug-likeness (QED) is 0.431. The zero-order chi connectivity index (χ0) is 23.4. The van der Waals surface area contributed by atoms with Crippen LogP contribution >= 0.6 is 11.8 Å². The van der Waals surface area contributed by atoms with Crippen LogP contribution in [0.5, 0.6) is 0 Å². The molecule has 1 aliphatic carbocycles. The van der Waals surface area contributed by atoms with E-state index in [1.54, 1.807) is 11.8 Å². The van der Waals surface area contributed by atoms with Crippen LogP contribution in [0.25, 0.3) is 0 Å². The topological polar surface area (TPSA) is 66.0 Å². The zero-order valence-electron chi connectivity index (χ0n) is 20.4. The maximum absolute atomic E-state index is 12.8. The number of fused-ring (bicyclic) bond motifs is 2. The fourth-order valence-electron chi connectivity index (χ4n) is 6.74. The number of hydrogen-bond acceptors (Lipinski definition) is 6. The molecule has 4 saturated heterocycles. The van der Waals surface area contributed by atoms with E-state index in [0.717, 1.165) is 29.8 Å². The number of amides is 1. The smallest absolute Gasteiger partial charge is 0.224 e. The Hall–Kier alpha value is -1.12. The van der Waals surface area contributed by atoms with Crippen molar-refractivity contribution in [3.63, 3.8) is 0 Å². The van der Waals surface area contributed by atoms with Crippen LogP contribution in [-0.4, -0.2) is 35.4 Å². The second kappa shape index (κ2) is 8.52. The number of benzene rings is 1. The molecule has 1 spiro atoms. The zero-order valence-corrected chi connectivity index (χ0v) is 21.2. The van der Waals surface area contributed by atoms with E-state index >= 15 is 0 Å². The summed E-state index contributed by atoms with van der Waals surface area (Å²) in [5, 5.41) is 3.05. The van der Waals surface area contributed by atoms with E-state index in [9.17, 15) is 4.79 Å². The highest BCUT2D eigenvalue weighted by molar-refractivity contribution is 7.98. The molecule has 1 amide bonds. The van der Waals surface area contributed by atoms with Gasteiger partial charge in [-0.3, -0.25) is 4.79 Å². The van der Waals surface area contributed by atoms with E-state index in [-0.39, 0.29) is 17.7 Å². The average Bonchev–Trinajstić information content (AvgIpc) is 3.02. The summed E-state index contributed by atoms with van der Waals surface area (Å²) in [5.41, 5.74) is -0.206. The van der Waals surface area contributed by atoms with Crippen molar-refractivity contribution in [2.24, 2.45) is 23.7 Å². The van der Waals surface area contributed by atoms with Gasteiger partial charge in [-0.2, -0.15) is 0 Å². The molecule has 33 heavy (non-hydrogen) atoms. The van der Waals surface area contributed by atoms with Gasteiger partial charge in [-0.25, -0.2) is 9.78 Å². The van der Waals surface area contributed by atoms with Gasteiger partial charge in [0.25, 0.3) is 0 Å². The number of anilines is 1. The normalized spacial score (nSPS) is 44.1. The molecule has 1 aromatic carbocycles. The molecule has 0 radical (unpaired) electrons. The lowest BCUT2D eigenvalue weighted by Crippen LogP contribution is -2.72. The maximum Gasteiger partial charge on any atom is 0.224 e. The van der Waals surface area contributed by atoms with Crippen molar-refractivity contribution in [2.45, 2.75) is 94.4 Å². The summed E-state index contributed by atoms with van der Waals surface area (Å²) in [4.78, 5) is 26.1. The Morgan fingerprint density at radius 1 is 1.12 bits per heavy atom. The predicted octanol–water partition coefficient (Wildman–Crippen LogP) is 5.77. The van der Waals surface area contributed by atoms with Crippen LogP contribution in [0, 0.1) is 23.7 Å². The molecule has 0 unspecified atom stereocenters. The van der Waals surface area contributed by atoms with Gasteiger partial charge in [0, 0.05) is 29.3 Å². The Bertz CT molecular complexity index is 912. The van der Waals surface area contributed by atoms with Crippen molar-refractivity contribution in [3.8, 4) is 0 Å². The van der Waals surface area contributed by atoms with Gasteiger partial charge in [-0.05, 0) is 81.7 Å². The third kappa shape index (κ3) is 3.94. The van der Waals surface area contributed by atoms with Crippen molar-refractivity contribution in [2.75, 3.05) is 11.6 Å². The molecule has 0 aromatic heterocycles. The first-order valence-electron chi connectivity index (χ1n) is 12.4. The Labute approximate surface area is 201 Å². The molecular formula is C26H37NO5S. The standard InChI is InChI=1S/C26H37NO5S/c1-16-9-10-21-17(2)24(3,13-12-22(28)27-18-7-6-8-19(15-18)33-5)29-23-26(21)20(16)11-14-25(4,30-23)31-32-26/h6-8,15-17,20-21,23H,9-14H2,1-5H3,(H,27,28)/t16-,17-,20+,21+,23-,24-,25-,26-/m1/s1. The minimum atomic E-state index is -0.779. The molecule has 182 valence electrons. The third-order valence-corrected chi connectivity index (χ3v) is 9.65. The summed E-state index contributed by atoms with van der Waals surface area (Å²) in [6, 6.07) is 7.95. The number of carbonyl (C=O) groups is 1. The van der Waals surface area contributed by atoms with E-state index in [1.165, 1.54) is 6.42 Å². The molecule has 2 bridgehead atoms. The number of hydrogen-bond donors (Lipinski definition) is 1. The molecule has 4 aliphatic heterocycles. The molecule has 5 fully saturated rings. The second-order valence-corrected chi connectivity index (χ2v) is 11.8. The fraction of sp³-hybridized carbons (Fsp3) is 0.731. The minimum absolute atomic E-state index is 0.00978. The van der Waals surface area contributed by atoms with Crippen LogP contribution < -0.4 is 5.32 Å². The van der Waals surface area contributed by atoms with Crippen LogP contribution in [0.15, 0.2) is 29.2 Å². The molecule has 6 nitrogen and oxygen atoms in total. The monoisotopic (exact) mass is 475 g/mol. The highest BCUT2D eigenvalue weighted by atomic mass is 32.2. The first-order chi connectivity index (χ1) is 15.7.